The van der Waals surface area contributed by atoms with Gasteiger partial charge < -0.3 is 10.6 Å². The van der Waals surface area contributed by atoms with Crippen LogP contribution in [0, 0.1) is 11.3 Å². The van der Waals surface area contributed by atoms with Gasteiger partial charge in [-0.3, -0.25) is 19.4 Å². The van der Waals surface area contributed by atoms with Crippen molar-refractivity contribution in [1.82, 2.24) is 15.1 Å². The van der Waals surface area contributed by atoms with Crippen molar-refractivity contribution in [1.29, 1.82) is 5.26 Å². The lowest BCUT2D eigenvalue weighted by atomic mass is 9.92. The third kappa shape index (κ3) is 6.78. The molecule has 168 valence electrons. The Bertz CT molecular complexity index is 787. The predicted octanol–water partition coefficient (Wildman–Crippen LogP) is 2.54. The molecule has 1 aromatic carbocycles. The Hall–Kier alpha value is -2.43. The maximum atomic E-state index is 12.6. The first kappa shape index (κ1) is 23.2. The van der Waals surface area contributed by atoms with Crippen LogP contribution in [-0.4, -0.2) is 66.4 Å². The summed E-state index contributed by atoms with van der Waals surface area (Å²) in [4.78, 5) is 29.3. The van der Waals surface area contributed by atoms with Gasteiger partial charge in [-0.05, 0) is 30.9 Å². The second-order valence-electron chi connectivity index (χ2n) is 8.77. The summed E-state index contributed by atoms with van der Waals surface area (Å²) in [5, 5.41) is 15.7. The lowest BCUT2D eigenvalue weighted by Gasteiger charge is -2.34. The highest BCUT2D eigenvalue weighted by Crippen LogP contribution is 2.26. The summed E-state index contributed by atoms with van der Waals surface area (Å²) in [6.07, 6.45) is 6.65. The second kappa shape index (κ2) is 11.3. The highest BCUT2D eigenvalue weighted by atomic mass is 16.2. The summed E-state index contributed by atoms with van der Waals surface area (Å²) < 4.78 is 0. The van der Waals surface area contributed by atoms with Crippen LogP contribution in [0.2, 0.25) is 0 Å². The van der Waals surface area contributed by atoms with Gasteiger partial charge in [0.2, 0.25) is 11.8 Å². The third-order valence-corrected chi connectivity index (χ3v) is 6.42. The van der Waals surface area contributed by atoms with E-state index in [2.05, 4.69) is 33.4 Å². The van der Waals surface area contributed by atoms with Crippen molar-refractivity contribution in [2.75, 3.05) is 44.6 Å². The molecule has 1 aliphatic heterocycles. The fraction of sp³-hybridized carbons (Fsp3) is 0.625. The number of nitriles is 1. The minimum absolute atomic E-state index is 0.00332. The standard InChI is InChI=1S/C24H35N5O2/c1-2-20-9-5-6-10-21(20)26-22(30)17-28-13-15-29(16-14-28)18-23(31)27-24(19-25)11-7-3-4-8-12-24/h5-6,9-10H,2-4,7-8,11-18H2,1H3,(H,26,30)(H,27,31). The van der Waals surface area contributed by atoms with Crippen molar-refractivity contribution >= 4 is 17.5 Å². The van der Waals surface area contributed by atoms with Gasteiger partial charge in [0, 0.05) is 31.9 Å². The van der Waals surface area contributed by atoms with Gasteiger partial charge in [-0.15, -0.1) is 0 Å². The monoisotopic (exact) mass is 425 g/mol. The number of para-hydroxylation sites is 1. The number of carbonyl (C=O) groups excluding carboxylic acids is 2. The van der Waals surface area contributed by atoms with Crippen LogP contribution in [0.15, 0.2) is 24.3 Å². The highest BCUT2D eigenvalue weighted by molar-refractivity contribution is 5.93. The lowest BCUT2D eigenvalue weighted by molar-refractivity contribution is -0.124. The Balaban J connectivity index is 1.41. The van der Waals surface area contributed by atoms with E-state index in [0.29, 0.717) is 13.1 Å². The van der Waals surface area contributed by atoms with Crippen molar-refractivity contribution in [3.63, 3.8) is 0 Å². The van der Waals surface area contributed by atoms with E-state index in [9.17, 15) is 14.9 Å². The van der Waals surface area contributed by atoms with Gasteiger partial charge in [-0.25, -0.2) is 0 Å². The zero-order valence-corrected chi connectivity index (χ0v) is 18.7. The maximum Gasteiger partial charge on any atom is 0.238 e. The van der Waals surface area contributed by atoms with E-state index in [1.807, 2.05) is 24.3 Å². The van der Waals surface area contributed by atoms with Crippen molar-refractivity contribution in [2.24, 2.45) is 0 Å². The van der Waals surface area contributed by atoms with Crippen LogP contribution in [0.1, 0.15) is 51.0 Å². The van der Waals surface area contributed by atoms with Crippen molar-refractivity contribution in [2.45, 2.75) is 57.4 Å². The average Bonchev–Trinajstić information content (AvgIpc) is 3.01. The number of amides is 2. The zero-order valence-electron chi connectivity index (χ0n) is 18.7. The van der Waals surface area contributed by atoms with E-state index in [-0.39, 0.29) is 11.8 Å². The van der Waals surface area contributed by atoms with Crippen LogP contribution in [0.4, 0.5) is 5.69 Å². The van der Waals surface area contributed by atoms with E-state index in [4.69, 9.17) is 0 Å². The molecule has 1 heterocycles. The Morgan fingerprint density at radius 2 is 1.55 bits per heavy atom. The predicted molar refractivity (Wildman–Crippen MR) is 122 cm³/mol. The molecule has 0 atom stereocenters. The molecule has 0 unspecified atom stereocenters. The van der Waals surface area contributed by atoms with E-state index in [1.54, 1.807) is 0 Å². The van der Waals surface area contributed by atoms with Crippen LogP contribution in [0.25, 0.3) is 0 Å². The number of hydrogen-bond donors (Lipinski definition) is 2. The molecule has 3 rings (SSSR count). The molecule has 2 fully saturated rings. The van der Waals surface area contributed by atoms with E-state index < -0.39 is 5.54 Å². The average molecular weight is 426 g/mol. The molecule has 7 nitrogen and oxygen atoms in total. The molecule has 2 amide bonds. The van der Waals surface area contributed by atoms with Gasteiger partial charge in [0.15, 0.2) is 0 Å². The Labute approximate surface area is 185 Å². The fourth-order valence-electron chi connectivity index (χ4n) is 4.56. The SMILES string of the molecule is CCc1ccccc1NC(=O)CN1CCN(CC(=O)NC2(C#N)CCCCCC2)CC1. The number of benzene rings is 1. The van der Waals surface area contributed by atoms with Crippen LogP contribution in [0.5, 0.6) is 0 Å². The van der Waals surface area contributed by atoms with Gasteiger partial charge >= 0.3 is 0 Å². The molecule has 1 aromatic rings. The topological polar surface area (TPSA) is 88.5 Å². The number of nitrogens with zero attached hydrogens (tertiary/aromatic N) is 3. The molecule has 0 bridgehead atoms. The van der Waals surface area contributed by atoms with Gasteiger partial charge in [0.05, 0.1) is 19.2 Å². The molecule has 0 spiro atoms. The number of piperazine rings is 1. The number of aryl methyl sites for hydroxylation is 1. The Kier molecular flexibility index (Phi) is 8.44. The quantitative estimate of drug-likeness (QED) is 0.656. The van der Waals surface area contributed by atoms with Gasteiger partial charge in [-0.2, -0.15) is 5.26 Å². The number of anilines is 1. The summed E-state index contributed by atoms with van der Waals surface area (Å²) in [6, 6.07) is 10.3. The number of hydrogen-bond acceptors (Lipinski definition) is 5. The minimum Gasteiger partial charge on any atom is -0.337 e. The molecule has 31 heavy (non-hydrogen) atoms. The molecule has 1 aliphatic carbocycles. The normalized spacial score (nSPS) is 19.7. The minimum atomic E-state index is -0.692. The zero-order chi connectivity index (χ0) is 22.1. The van der Waals surface area contributed by atoms with Crippen LogP contribution in [-0.2, 0) is 16.0 Å². The molecular weight excluding hydrogens is 390 g/mol. The van der Waals surface area contributed by atoms with Gasteiger partial charge in [-0.1, -0.05) is 50.8 Å². The number of nitrogens with one attached hydrogen (secondary N) is 2. The lowest BCUT2D eigenvalue weighted by Crippen LogP contribution is -2.54. The molecule has 0 radical (unpaired) electrons. The van der Waals surface area contributed by atoms with Crippen molar-refractivity contribution in [3.8, 4) is 6.07 Å². The summed E-state index contributed by atoms with van der Waals surface area (Å²) in [6.45, 7) is 5.73. The number of rotatable bonds is 7. The van der Waals surface area contributed by atoms with Crippen LogP contribution < -0.4 is 10.6 Å². The fourth-order valence-corrected chi connectivity index (χ4v) is 4.56. The van der Waals surface area contributed by atoms with Crippen molar-refractivity contribution < 1.29 is 9.59 Å². The molecule has 1 saturated heterocycles. The largest absolute Gasteiger partial charge is 0.337 e. The maximum absolute atomic E-state index is 12.6. The van der Waals surface area contributed by atoms with E-state index in [0.717, 1.165) is 82.4 Å². The molecule has 7 heteroatoms. The molecule has 2 N–H and O–H groups in total. The number of carbonyl (C=O) groups is 2. The van der Waals surface area contributed by atoms with Crippen LogP contribution >= 0.6 is 0 Å². The first-order valence-electron chi connectivity index (χ1n) is 11.6. The molecule has 2 aliphatic rings. The third-order valence-electron chi connectivity index (χ3n) is 6.42. The summed E-state index contributed by atoms with van der Waals surface area (Å²) in [5.41, 5.74) is 1.33. The van der Waals surface area contributed by atoms with E-state index >= 15 is 0 Å². The van der Waals surface area contributed by atoms with Gasteiger partial charge in [0.25, 0.3) is 0 Å². The Morgan fingerprint density at radius 3 is 2.13 bits per heavy atom. The highest BCUT2D eigenvalue weighted by Gasteiger charge is 2.33. The summed E-state index contributed by atoms with van der Waals surface area (Å²) >= 11 is 0. The Morgan fingerprint density at radius 1 is 0.968 bits per heavy atom. The molecule has 0 aromatic heterocycles. The van der Waals surface area contributed by atoms with Gasteiger partial charge in [0.1, 0.15) is 5.54 Å². The van der Waals surface area contributed by atoms with E-state index in [1.165, 1.54) is 0 Å². The van der Waals surface area contributed by atoms with Crippen molar-refractivity contribution in [3.05, 3.63) is 29.8 Å². The first-order valence-corrected chi connectivity index (χ1v) is 11.6. The first-order chi connectivity index (χ1) is 15.0. The molecular formula is C24H35N5O2. The van der Waals surface area contributed by atoms with Crippen LogP contribution in [0.3, 0.4) is 0 Å². The second-order valence-corrected chi connectivity index (χ2v) is 8.77. The summed E-state index contributed by atoms with van der Waals surface area (Å²) in [7, 11) is 0. The smallest absolute Gasteiger partial charge is 0.238 e. The molecule has 1 saturated carbocycles. The summed E-state index contributed by atoms with van der Waals surface area (Å²) in [5.74, 6) is -0.0674.